The van der Waals surface area contributed by atoms with E-state index in [0.29, 0.717) is 10.7 Å². The summed E-state index contributed by atoms with van der Waals surface area (Å²) in [6, 6.07) is 12.6. The molecule has 0 N–H and O–H groups in total. The summed E-state index contributed by atoms with van der Waals surface area (Å²) in [6.07, 6.45) is 1.66. The number of halogens is 1. The quantitative estimate of drug-likeness (QED) is 0.560. The minimum absolute atomic E-state index is 0.175. The van der Waals surface area contributed by atoms with Crippen molar-refractivity contribution in [3.05, 3.63) is 64.7 Å². The Morgan fingerprint density at radius 3 is 2.50 bits per heavy atom. The van der Waals surface area contributed by atoms with Gasteiger partial charge in [0.1, 0.15) is 0 Å². The number of carbonyl (C=O) groups excluding carboxylic acids is 3. The predicted molar refractivity (Wildman–Crippen MR) is 110 cm³/mol. The van der Waals surface area contributed by atoms with E-state index in [1.807, 2.05) is 24.3 Å². The maximum Gasteiger partial charge on any atom is 0.331 e. The molecule has 0 radical (unpaired) electrons. The van der Waals surface area contributed by atoms with E-state index in [2.05, 4.69) is 5.10 Å². The summed E-state index contributed by atoms with van der Waals surface area (Å²) < 4.78 is 5.26. The number of nitrogens with zero attached hydrogens (tertiary/aromatic N) is 3. The van der Waals surface area contributed by atoms with Crippen molar-refractivity contribution in [2.75, 3.05) is 11.5 Å². The molecule has 2 fully saturated rings. The molecule has 2 amide bonds. The zero-order chi connectivity index (χ0) is 21.0. The van der Waals surface area contributed by atoms with Gasteiger partial charge in [-0.05, 0) is 42.3 Å². The maximum atomic E-state index is 13.5. The van der Waals surface area contributed by atoms with Gasteiger partial charge in [-0.3, -0.25) is 14.6 Å². The molecule has 7 nitrogen and oxygen atoms in total. The van der Waals surface area contributed by atoms with Crippen LogP contribution in [0.1, 0.15) is 24.1 Å². The van der Waals surface area contributed by atoms with E-state index in [9.17, 15) is 14.4 Å². The number of amides is 2. The van der Waals surface area contributed by atoms with Crippen LogP contribution in [-0.2, 0) is 19.1 Å². The van der Waals surface area contributed by atoms with Crippen molar-refractivity contribution in [2.45, 2.75) is 19.0 Å². The van der Waals surface area contributed by atoms with Crippen LogP contribution in [0.4, 0.5) is 5.69 Å². The standard InChI is InChI=1S/C22H18ClN3O4/c1-2-30-22(29)19-17-16(18-15-6-4-3-5-12(15)11-24-26(18)19)20(27)25(21(17)28)14-9-7-13(23)8-10-14/h3-11,16-19H,2H2,1H3. The second-order valence-corrected chi connectivity index (χ2v) is 7.87. The largest absolute Gasteiger partial charge is 0.464 e. The molecule has 5 rings (SSSR count). The van der Waals surface area contributed by atoms with E-state index in [4.69, 9.17) is 16.3 Å². The molecule has 2 aromatic rings. The minimum atomic E-state index is -0.960. The van der Waals surface area contributed by atoms with Crippen molar-refractivity contribution in [3.8, 4) is 0 Å². The second-order valence-electron chi connectivity index (χ2n) is 7.44. The fraction of sp³-hybridized carbons (Fsp3) is 0.273. The van der Waals surface area contributed by atoms with Gasteiger partial charge in [0.25, 0.3) is 0 Å². The van der Waals surface area contributed by atoms with Gasteiger partial charge in [0, 0.05) is 5.02 Å². The van der Waals surface area contributed by atoms with Crippen molar-refractivity contribution in [1.29, 1.82) is 0 Å². The zero-order valence-corrected chi connectivity index (χ0v) is 16.8. The van der Waals surface area contributed by atoms with Gasteiger partial charge < -0.3 is 4.74 Å². The normalized spacial score (nSPS) is 26.5. The molecule has 3 aliphatic rings. The van der Waals surface area contributed by atoms with Gasteiger partial charge in [-0.15, -0.1) is 0 Å². The lowest BCUT2D eigenvalue weighted by Gasteiger charge is -2.33. The molecule has 0 aliphatic carbocycles. The molecule has 152 valence electrons. The van der Waals surface area contributed by atoms with Gasteiger partial charge in [-0.2, -0.15) is 5.10 Å². The molecule has 0 spiro atoms. The summed E-state index contributed by atoms with van der Waals surface area (Å²) in [4.78, 5) is 41.0. The first-order valence-electron chi connectivity index (χ1n) is 9.74. The van der Waals surface area contributed by atoms with Crippen molar-refractivity contribution < 1.29 is 19.1 Å². The van der Waals surface area contributed by atoms with E-state index in [-0.39, 0.29) is 12.5 Å². The maximum absolute atomic E-state index is 13.5. The van der Waals surface area contributed by atoms with Crippen LogP contribution in [0.3, 0.4) is 0 Å². The van der Waals surface area contributed by atoms with Crippen molar-refractivity contribution in [3.63, 3.8) is 0 Å². The molecule has 3 aliphatic heterocycles. The summed E-state index contributed by atoms with van der Waals surface area (Å²) in [7, 11) is 0. The fourth-order valence-corrected chi connectivity index (χ4v) is 4.84. The van der Waals surface area contributed by atoms with E-state index in [1.54, 1.807) is 42.4 Å². The number of benzene rings is 2. The van der Waals surface area contributed by atoms with E-state index in [1.165, 1.54) is 0 Å². The third-order valence-electron chi connectivity index (χ3n) is 5.91. The number of hydrazone groups is 1. The molecule has 3 heterocycles. The molecule has 0 aromatic heterocycles. The highest BCUT2D eigenvalue weighted by Crippen LogP contribution is 2.52. The highest BCUT2D eigenvalue weighted by molar-refractivity contribution is 6.31. The van der Waals surface area contributed by atoms with Crippen molar-refractivity contribution in [1.82, 2.24) is 5.01 Å². The van der Waals surface area contributed by atoms with Gasteiger partial charge >= 0.3 is 5.97 Å². The Balaban J connectivity index is 1.63. The highest BCUT2D eigenvalue weighted by Gasteiger charge is 2.66. The molecule has 4 unspecified atom stereocenters. The fourth-order valence-electron chi connectivity index (χ4n) is 4.71. The molecular weight excluding hydrogens is 406 g/mol. The Morgan fingerprint density at radius 2 is 1.77 bits per heavy atom. The van der Waals surface area contributed by atoms with Crippen molar-refractivity contribution in [2.24, 2.45) is 16.9 Å². The molecule has 2 aromatic carbocycles. The van der Waals surface area contributed by atoms with E-state index < -0.39 is 35.8 Å². The van der Waals surface area contributed by atoms with Crippen LogP contribution in [0.5, 0.6) is 0 Å². The van der Waals surface area contributed by atoms with Crippen LogP contribution < -0.4 is 4.90 Å². The topological polar surface area (TPSA) is 79.3 Å². The third kappa shape index (κ3) is 2.58. The van der Waals surface area contributed by atoms with E-state index in [0.717, 1.165) is 16.0 Å². The van der Waals surface area contributed by atoms with Crippen LogP contribution in [0.2, 0.25) is 5.02 Å². The summed E-state index contributed by atoms with van der Waals surface area (Å²) >= 11 is 5.96. The van der Waals surface area contributed by atoms with Crippen LogP contribution in [0.25, 0.3) is 0 Å². The monoisotopic (exact) mass is 423 g/mol. The Kier molecular flexibility index (Phi) is 4.36. The molecule has 2 saturated heterocycles. The van der Waals surface area contributed by atoms with Crippen LogP contribution in [0, 0.1) is 11.8 Å². The van der Waals surface area contributed by atoms with Gasteiger partial charge in [0.05, 0.1) is 36.4 Å². The average Bonchev–Trinajstić information content (AvgIpc) is 3.22. The van der Waals surface area contributed by atoms with Crippen LogP contribution in [-0.4, -0.2) is 41.7 Å². The second kappa shape index (κ2) is 6.95. The molecule has 30 heavy (non-hydrogen) atoms. The number of anilines is 1. The molecule has 0 bridgehead atoms. The summed E-state index contributed by atoms with van der Waals surface area (Å²) in [5.74, 6) is -2.93. The summed E-state index contributed by atoms with van der Waals surface area (Å²) in [5, 5.41) is 6.52. The number of esters is 1. The zero-order valence-electron chi connectivity index (χ0n) is 16.1. The Morgan fingerprint density at radius 1 is 1.07 bits per heavy atom. The number of ether oxygens (including phenoxy) is 1. The third-order valence-corrected chi connectivity index (χ3v) is 6.16. The minimum Gasteiger partial charge on any atom is -0.464 e. The Bertz CT molecular complexity index is 1080. The Hall–Kier alpha value is -3.19. The van der Waals surface area contributed by atoms with Gasteiger partial charge in [0.2, 0.25) is 11.8 Å². The smallest absolute Gasteiger partial charge is 0.331 e. The lowest BCUT2D eigenvalue weighted by molar-refractivity contribution is -0.152. The first kappa shape index (κ1) is 18.8. The molecule has 4 atom stereocenters. The van der Waals surface area contributed by atoms with Gasteiger partial charge in [0.15, 0.2) is 6.04 Å². The highest BCUT2D eigenvalue weighted by atomic mass is 35.5. The SMILES string of the molecule is CCOC(=O)C1C2C(=O)N(c3ccc(Cl)cc3)C(=O)C2C2c3ccccc3C=NN12. The van der Waals surface area contributed by atoms with E-state index >= 15 is 0 Å². The first-order valence-corrected chi connectivity index (χ1v) is 10.1. The number of carbonyl (C=O) groups is 3. The number of rotatable bonds is 3. The van der Waals surface area contributed by atoms with Gasteiger partial charge in [-0.25, -0.2) is 9.69 Å². The van der Waals surface area contributed by atoms with Crippen LogP contribution >= 0.6 is 11.6 Å². The number of imide groups is 1. The lowest BCUT2D eigenvalue weighted by Crippen LogP contribution is -2.45. The molecular formula is C22H18ClN3O4. The summed E-state index contributed by atoms with van der Waals surface area (Å²) in [5.41, 5.74) is 2.17. The summed E-state index contributed by atoms with van der Waals surface area (Å²) in [6.45, 7) is 1.88. The predicted octanol–water partition coefficient (Wildman–Crippen LogP) is 2.78. The first-order chi connectivity index (χ1) is 14.5. The average molecular weight is 424 g/mol. The van der Waals surface area contributed by atoms with Crippen molar-refractivity contribution >= 4 is 41.3 Å². The van der Waals surface area contributed by atoms with Gasteiger partial charge in [-0.1, -0.05) is 35.9 Å². The molecule has 0 saturated carbocycles. The molecule has 8 heteroatoms. The lowest BCUT2D eigenvalue weighted by atomic mass is 9.85. The van der Waals surface area contributed by atoms with Crippen LogP contribution in [0.15, 0.2) is 53.6 Å². The number of fused-ring (bicyclic) bond motifs is 5. The number of hydrogen-bond acceptors (Lipinski definition) is 6. The number of hydrogen-bond donors (Lipinski definition) is 0. The Labute approximate surface area is 177 Å².